The van der Waals surface area contributed by atoms with Gasteiger partial charge in [-0.05, 0) is 48.4 Å². The van der Waals surface area contributed by atoms with Crippen molar-refractivity contribution < 1.29 is 8.42 Å². The van der Waals surface area contributed by atoms with Crippen molar-refractivity contribution in [2.24, 2.45) is 0 Å². The van der Waals surface area contributed by atoms with E-state index >= 15 is 0 Å². The van der Waals surface area contributed by atoms with Gasteiger partial charge in [-0.1, -0.05) is 79.2 Å². The number of benzene rings is 3. The Morgan fingerprint density at radius 3 is 2.40 bits per heavy atom. The van der Waals surface area contributed by atoms with Gasteiger partial charge in [-0.25, -0.2) is 18.1 Å². The van der Waals surface area contributed by atoms with E-state index in [-0.39, 0.29) is 22.2 Å². The van der Waals surface area contributed by atoms with E-state index in [1.54, 1.807) is 22.8 Å². The van der Waals surface area contributed by atoms with Crippen LogP contribution in [0.15, 0.2) is 93.7 Å². The molecule has 9 heteroatoms. The van der Waals surface area contributed by atoms with Crippen molar-refractivity contribution in [3.63, 3.8) is 0 Å². The summed E-state index contributed by atoms with van der Waals surface area (Å²) >= 11 is 7.30. The molecule has 0 aliphatic rings. The molecule has 0 aliphatic carbocycles. The second kappa shape index (κ2) is 11.4. The third-order valence-electron chi connectivity index (χ3n) is 5.56. The van der Waals surface area contributed by atoms with Crippen molar-refractivity contribution in [2.45, 2.75) is 41.6 Å². The molecule has 0 spiro atoms. The van der Waals surface area contributed by atoms with Gasteiger partial charge in [0.05, 0.1) is 21.0 Å². The van der Waals surface area contributed by atoms with E-state index in [9.17, 15) is 13.2 Å². The smallest absolute Gasteiger partial charge is 0.262 e. The maximum Gasteiger partial charge on any atom is 0.262 e. The quantitative estimate of drug-likeness (QED) is 0.212. The lowest BCUT2D eigenvalue weighted by Gasteiger charge is -2.20. The average Bonchev–Trinajstić information content (AvgIpc) is 2.87. The topological polar surface area (TPSA) is 81.1 Å². The molecule has 1 atom stereocenters. The summed E-state index contributed by atoms with van der Waals surface area (Å²) in [6.07, 6.45) is 1.78. The Kier molecular flexibility index (Phi) is 8.28. The number of unbranched alkanes of at least 4 members (excludes halogenated alkanes) is 1. The SMILES string of the molecule is CCCCn1c(S[C@@H](CNS(=O)(=O)c2ccc(Cl)cc2)c2ccccc2)nc2ccccc2c1=O. The van der Waals surface area contributed by atoms with Crippen LogP contribution in [0.2, 0.25) is 5.02 Å². The van der Waals surface area contributed by atoms with E-state index in [4.69, 9.17) is 16.6 Å². The first kappa shape index (κ1) is 25.4. The van der Waals surface area contributed by atoms with Gasteiger partial charge in [-0.2, -0.15) is 0 Å². The van der Waals surface area contributed by atoms with Crippen LogP contribution in [0.3, 0.4) is 0 Å². The summed E-state index contributed by atoms with van der Waals surface area (Å²) in [5.74, 6) is 0. The predicted molar refractivity (Wildman–Crippen MR) is 143 cm³/mol. The van der Waals surface area contributed by atoms with E-state index in [2.05, 4.69) is 11.6 Å². The van der Waals surface area contributed by atoms with Gasteiger partial charge >= 0.3 is 0 Å². The number of para-hydroxylation sites is 1. The van der Waals surface area contributed by atoms with Gasteiger partial charge < -0.3 is 0 Å². The lowest BCUT2D eigenvalue weighted by molar-refractivity contribution is 0.556. The van der Waals surface area contributed by atoms with Crippen molar-refractivity contribution in [2.75, 3.05) is 6.54 Å². The molecular weight excluding hydrogens is 502 g/mol. The monoisotopic (exact) mass is 527 g/mol. The normalized spacial score (nSPS) is 12.6. The molecule has 6 nitrogen and oxygen atoms in total. The van der Waals surface area contributed by atoms with Gasteiger partial charge in [0.25, 0.3) is 5.56 Å². The third-order valence-corrected chi connectivity index (χ3v) is 8.50. The molecule has 0 fully saturated rings. The zero-order valence-corrected chi connectivity index (χ0v) is 21.6. The number of aromatic nitrogens is 2. The predicted octanol–water partition coefficient (Wildman–Crippen LogP) is 5.66. The highest BCUT2D eigenvalue weighted by molar-refractivity contribution is 7.99. The average molecular weight is 528 g/mol. The zero-order chi connectivity index (χ0) is 24.8. The van der Waals surface area contributed by atoms with Crippen LogP contribution in [-0.4, -0.2) is 24.5 Å². The summed E-state index contributed by atoms with van der Waals surface area (Å²) in [5, 5.41) is 1.31. The van der Waals surface area contributed by atoms with E-state index < -0.39 is 10.0 Å². The molecule has 4 aromatic rings. The summed E-state index contributed by atoms with van der Waals surface area (Å²) < 4.78 is 30.3. The first-order chi connectivity index (χ1) is 16.9. The number of halogens is 1. The summed E-state index contributed by atoms with van der Waals surface area (Å²) in [6, 6.07) is 23.0. The van der Waals surface area contributed by atoms with Crippen LogP contribution in [0.5, 0.6) is 0 Å². The molecule has 0 radical (unpaired) electrons. The molecule has 0 saturated heterocycles. The number of sulfonamides is 1. The highest BCUT2D eigenvalue weighted by Gasteiger charge is 2.22. The Hall–Kier alpha value is -2.65. The minimum absolute atomic E-state index is 0.0832. The third kappa shape index (κ3) is 6.13. The first-order valence-electron chi connectivity index (χ1n) is 11.4. The first-order valence-corrected chi connectivity index (χ1v) is 14.1. The van der Waals surface area contributed by atoms with Crippen molar-refractivity contribution >= 4 is 44.3 Å². The molecule has 0 aliphatic heterocycles. The minimum Gasteiger partial charge on any atom is -0.287 e. The Morgan fingerprint density at radius 2 is 1.69 bits per heavy atom. The van der Waals surface area contributed by atoms with Crippen LogP contribution >= 0.6 is 23.4 Å². The van der Waals surface area contributed by atoms with Crippen LogP contribution < -0.4 is 10.3 Å². The Balaban J connectivity index is 1.69. The highest BCUT2D eigenvalue weighted by Crippen LogP contribution is 2.34. The van der Waals surface area contributed by atoms with Crippen molar-refractivity contribution in [3.05, 3.63) is 99.8 Å². The van der Waals surface area contributed by atoms with Gasteiger partial charge in [-0.3, -0.25) is 9.36 Å². The molecule has 3 aromatic carbocycles. The number of thioether (sulfide) groups is 1. The summed E-state index contributed by atoms with van der Waals surface area (Å²) in [7, 11) is -3.75. The molecule has 182 valence electrons. The van der Waals surface area contributed by atoms with Gasteiger partial charge in [0, 0.05) is 18.1 Å². The maximum absolute atomic E-state index is 13.3. The van der Waals surface area contributed by atoms with Gasteiger partial charge in [0.15, 0.2) is 5.16 Å². The molecule has 1 aromatic heterocycles. The Morgan fingerprint density at radius 1 is 1.00 bits per heavy atom. The number of nitrogens with one attached hydrogen (secondary N) is 1. The number of hydrogen-bond acceptors (Lipinski definition) is 5. The number of nitrogens with zero attached hydrogens (tertiary/aromatic N) is 2. The molecule has 0 unspecified atom stereocenters. The highest BCUT2D eigenvalue weighted by atomic mass is 35.5. The summed E-state index contributed by atoms with van der Waals surface area (Å²) in [5.41, 5.74) is 1.47. The van der Waals surface area contributed by atoms with E-state index in [0.29, 0.717) is 27.6 Å². The van der Waals surface area contributed by atoms with Crippen molar-refractivity contribution in [1.29, 1.82) is 0 Å². The second-order valence-electron chi connectivity index (χ2n) is 8.04. The van der Waals surface area contributed by atoms with Crippen molar-refractivity contribution in [3.8, 4) is 0 Å². The molecule has 1 N–H and O–H groups in total. The van der Waals surface area contributed by atoms with Crippen LogP contribution in [0.25, 0.3) is 10.9 Å². The fraction of sp³-hybridized carbons (Fsp3) is 0.231. The van der Waals surface area contributed by atoms with Crippen LogP contribution in [0.4, 0.5) is 0 Å². The van der Waals surface area contributed by atoms with Gasteiger partial charge in [-0.15, -0.1) is 0 Å². The molecule has 0 bridgehead atoms. The standard InChI is InChI=1S/C26H26ClN3O3S2/c1-2-3-17-30-25(31)22-11-7-8-12-23(22)29-26(30)34-24(19-9-5-4-6-10-19)18-28-35(32,33)21-15-13-20(27)14-16-21/h4-16,24,28H,2-3,17-18H2,1H3/t24-/m0/s1. The minimum atomic E-state index is -3.75. The van der Waals surface area contributed by atoms with E-state index in [1.807, 2.05) is 48.5 Å². The van der Waals surface area contributed by atoms with E-state index in [1.165, 1.54) is 23.9 Å². The molecule has 0 amide bonds. The number of fused-ring (bicyclic) bond motifs is 1. The number of hydrogen-bond donors (Lipinski definition) is 1. The lowest BCUT2D eigenvalue weighted by atomic mass is 10.1. The molecule has 0 saturated carbocycles. The lowest BCUT2D eigenvalue weighted by Crippen LogP contribution is -2.29. The van der Waals surface area contributed by atoms with Gasteiger partial charge in [0.2, 0.25) is 10.0 Å². The van der Waals surface area contributed by atoms with Crippen LogP contribution in [0.1, 0.15) is 30.6 Å². The molecular formula is C26H26ClN3O3S2. The number of rotatable bonds is 10. The zero-order valence-electron chi connectivity index (χ0n) is 19.2. The Labute approximate surface area is 214 Å². The molecule has 4 rings (SSSR count). The van der Waals surface area contributed by atoms with Crippen LogP contribution in [-0.2, 0) is 16.6 Å². The van der Waals surface area contributed by atoms with Crippen LogP contribution in [0, 0.1) is 0 Å². The second-order valence-corrected chi connectivity index (χ2v) is 11.4. The van der Waals surface area contributed by atoms with Gasteiger partial charge in [0.1, 0.15) is 0 Å². The fourth-order valence-corrected chi connectivity index (χ4v) is 6.10. The largest absolute Gasteiger partial charge is 0.287 e. The maximum atomic E-state index is 13.3. The summed E-state index contributed by atoms with van der Waals surface area (Å²) in [6.45, 7) is 2.74. The van der Waals surface area contributed by atoms with Crippen molar-refractivity contribution in [1.82, 2.24) is 14.3 Å². The molecule has 35 heavy (non-hydrogen) atoms. The Bertz CT molecular complexity index is 1460. The fourth-order valence-electron chi connectivity index (χ4n) is 3.66. The van der Waals surface area contributed by atoms with E-state index in [0.717, 1.165) is 18.4 Å². The summed E-state index contributed by atoms with van der Waals surface area (Å²) in [4.78, 5) is 18.2. The molecule has 1 heterocycles.